The highest BCUT2D eigenvalue weighted by molar-refractivity contribution is 5.97. The van der Waals surface area contributed by atoms with Gasteiger partial charge in [-0.2, -0.15) is 0 Å². The molecule has 1 heterocycles. The molecular formula is C16H21NO. The van der Waals surface area contributed by atoms with Crippen molar-refractivity contribution in [2.24, 2.45) is 5.92 Å². The molecule has 0 saturated heterocycles. The minimum Gasteiger partial charge on any atom is -0.352 e. The molecule has 1 amide bonds. The van der Waals surface area contributed by atoms with E-state index < -0.39 is 0 Å². The van der Waals surface area contributed by atoms with E-state index in [-0.39, 0.29) is 5.91 Å². The summed E-state index contributed by atoms with van der Waals surface area (Å²) in [6, 6.07) is 6.18. The molecule has 1 aliphatic heterocycles. The Hall–Kier alpha value is -1.57. The fourth-order valence-corrected chi connectivity index (χ4v) is 2.14. The van der Waals surface area contributed by atoms with E-state index in [0.717, 1.165) is 42.0 Å². The zero-order chi connectivity index (χ0) is 13.0. The first-order valence-corrected chi connectivity index (χ1v) is 6.78. The lowest BCUT2D eigenvalue weighted by molar-refractivity contribution is 0.0946. The Bertz CT molecular complexity index is 462. The topological polar surface area (TPSA) is 29.1 Å². The van der Waals surface area contributed by atoms with Crippen LogP contribution in [-0.4, -0.2) is 12.5 Å². The van der Waals surface area contributed by atoms with Crippen molar-refractivity contribution in [3.05, 3.63) is 41.0 Å². The van der Waals surface area contributed by atoms with Gasteiger partial charge in [-0.05, 0) is 36.0 Å². The van der Waals surface area contributed by atoms with Crippen molar-refractivity contribution in [2.75, 3.05) is 6.54 Å². The van der Waals surface area contributed by atoms with Gasteiger partial charge in [0.05, 0.1) is 0 Å². The molecule has 2 nitrogen and oxygen atoms in total. The number of allylic oxidation sites excluding steroid dienone is 1. The summed E-state index contributed by atoms with van der Waals surface area (Å²) in [4.78, 5) is 11.7. The second kappa shape index (κ2) is 5.85. The Balaban J connectivity index is 2.11. The van der Waals surface area contributed by atoms with Crippen molar-refractivity contribution in [3.8, 4) is 0 Å². The molecular weight excluding hydrogens is 222 g/mol. The molecule has 96 valence electrons. The third-order valence-electron chi connectivity index (χ3n) is 3.60. The van der Waals surface area contributed by atoms with Crippen molar-refractivity contribution in [1.82, 2.24) is 5.32 Å². The maximum Gasteiger partial charge on any atom is 0.251 e. The fourth-order valence-electron chi connectivity index (χ4n) is 2.14. The third-order valence-corrected chi connectivity index (χ3v) is 3.60. The standard InChI is InChI=1S/C16H21NO/c1-3-12(2)5-4-6-13-7-8-14-9-10-17-16(18)15(14)11-13/h4,6-8,11-12H,3,5,9-10H2,1-2H3,(H,17,18)/b6-4+/t12-/m0/s1. The lowest BCUT2D eigenvalue weighted by Crippen LogP contribution is -2.31. The van der Waals surface area contributed by atoms with Gasteiger partial charge in [-0.3, -0.25) is 4.79 Å². The summed E-state index contributed by atoms with van der Waals surface area (Å²) in [6.45, 7) is 5.22. The maximum absolute atomic E-state index is 11.7. The van der Waals surface area contributed by atoms with Crippen LogP contribution in [-0.2, 0) is 6.42 Å². The van der Waals surface area contributed by atoms with E-state index in [9.17, 15) is 4.79 Å². The van der Waals surface area contributed by atoms with E-state index in [1.807, 2.05) is 6.07 Å². The van der Waals surface area contributed by atoms with E-state index in [1.54, 1.807) is 0 Å². The van der Waals surface area contributed by atoms with Gasteiger partial charge in [-0.15, -0.1) is 0 Å². The van der Waals surface area contributed by atoms with Crippen LogP contribution in [0.3, 0.4) is 0 Å². The van der Waals surface area contributed by atoms with Gasteiger partial charge < -0.3 is 5.32 Å². The largest absolute Gasteiger partial charge is 0.352 e. The molecule has 0 spiro atoms. The summed E-state index contributed by atoms with van der Waals surface area (Å²) >= 11 is 0. The van der Waals surface area contributed by atoms with E-state index in [4.69, 9.17) is 0 Å². The molecule has 1 N–H and O–H groups in total. The third kappa shape index (κ3) is 3.00. The van der Waals surface area contributed by atoms with Crippen LogP contribution in [0.15, 0.2) is 24.3 Å². The maximum atomic E-state index is 11.7. The monoisotopic (exact) mass is 243 g/mol. The molecule has 0 aromatic heterocycles. The van der Waals surface area contributed by atoms with Crippen LogP contribution in [0.2, 0.25) is 0 Å². The number of hydrogen-bond acceptors (Lipinski definition) is 1. The van der Waals surface area contributed by atoms with Crippen LogP contribution in [0.4, 0.5) is 0 Å². The predicted molar refractivity (Wildman–Crippen MR) is 75.6 cm³/mol. The summed E-state index contributed by atoms with van der Waals surface area (Å²) < 4.78 is 0. The van der Waals surface area contributed by atoms with Crippen LogP contribution in [0.5, 0.6) is 0 Å². The van der Waals surface area contributed by atoms with Crippen molar-refractivity contribution in [2.45, 2.75) is 33.1 Å². The Morgan fingerprint density at radius 2 is 2.28 bits per heavy atom. The highest BCUT2D eigenvalue weighted by Gasteiger charge is 2.15. The lowest BCUT2D eigenvalue weighted by Gasteiger charge is -2.16. The molecule has 2 rings (SSSR count). The lowest BCUT2D eigenvalue weighted by atomic mass is 9.97. The van der Waals surface area contributed by atoms with Gasteiger partial charge in [0.15, 0.2) is 0 Å². The molecule has 0 saturated carbocycles. The molecule has 0 bridgehead atoms. The van der Waals surface area contributed by atoms with Crippen LogP contribution in [0.1, 0.15) is 48.2 Å². The minimum absolute atomic E-state index is 0.0634. The zero-order valence-corrected chi connectivity index (χ0v) is 11.2. The molecule has 18 heavy (non-hydrogen) atoms. The summed E-state index contributed by atoms with van der Waals surface area (Å²) in [5.41, 5.74) is 3.12. The second-order valence-corrected chi connectivity index (χ2v) is 5.07. The van der Waals surface area contributed by atoms with Gasteiger partial charge in [0.2, 0.25) is 0 Å². The number of nitrogens with one attached hydrogen (secondary N) is 1. The number of amides is 1. The SMILES string of the molecule is CC[C@H](C)C/C=C/c1ccc2c(c1)C(=O)NCC2. The summed E-state index contributed by atoms with van der Waals surface area (Å²) in [6.07, 6.45) is 7.57. The first-order valence-electron chi connectivity index (χ1n) is 6.78. The Morgan fingerprint density at radius 3 is 3.06 bits per heavy atom. The Labute approximate surface area is 109 Å². The molecule has 0 unspecified atom stereocenters. The Morgan fingerprint density at radius 1 is 1.44 bits per heavy atom. The molecule has 0 fully saturated rings. The summed E-state index contributed by atoms with van der Waals surface area (Å²) in [7, 11) is 0. The minimum atomic E-state index is 0.0634. The van der Waals surface area contributed by atoms with Crippen LogP contribution in [0.25, 0.3) is 6.08 Å². The number of carbonyl (C=O) groups is 1. The van der Waals surface area contributed by atoms with Gasteiger partial charge in [-0.25, -0.2) is 0 Å². The smallest absolute Gasteiger partial charge is 0.251 e. The predicted octanol–water partition coefficient (Wildman–Crippen LogP) is 3.42. The molecule has 1 aromatic carbocycles. The van der Waals surface area contributed by atoms with Gasteiger partial charge in [0.1, 0.15) is 0 Å². The molecule has 0 aliphatic carbocycles. The number of hydrogen-bond donors (Lipinski definition) is 1. The highest BCUT2D eigenvalue weighted by atomic mass is 16.1. The average molecular weight is 243 g/mol. The van der Waals surface area contributed by atoms with Crippen LogP contribution in [0, 0.1) is 5.92 Å². The normalized spacial score (nSPS) is 16.4. The van der Waals surface area contributed by atoms with Crippen molar-refractivity contribution in [3.63, 3.8) is 0 Å². The van der Waals surface area contributed by atoms with Crippen LogP contribution >= 0.6 is 0 Å². The number of rotatable bonds is 4. The van der Waals surface area contributed by atoms with Gasteiger partial charge in [0, 0.05) is 12.1 Å². The number of benzene rings is 1. The fraction of sp³-hybridized carbons (Fsp3) is 0.438. The van der Waals surface area contributed by atoms with E-state index in [2.05, 4.69) is 43.4 Å². The molecule has 2 heteroatoms. The molecule has 0 radical (unpaired) electrons. The average Bonchev–Trinajstić information content (AvgIpc) is 2.39. The summed E-state index contributed by atoms with van der Waals surface area (Å²) in [5.74, 6) is 0.788. The van der Waals surface area contributed by atoms with Gasteiger partial charge in [0.25, 0.3) is 5.91 Å². The highest BCUT2D eigenvalue weighted by Crippen LogP contribution is 2.17. The van der Waals surface area contributed by atoms with Crippen molar-refractivity contribution >= 4 is 12.0 Å². The van der Waals surface area contributed by atoms with E-state index >= 15 is 0 Å². The number of fused-ring (bicyclic) bond motifs is 1. The number of carbonyl (C=O) groups excluding carboxylic acids is 1. The van der Waals surface area contributed by atoms with E-state index in [0.29, 0.717) is 0 Å². The quantitative estimate of drug-likeness (QED) is 0.862. The van der Waals surface area contributed by atoms with Gasteiger partial charge >= 0.3 is 0 Å². The van der Waals surface area contributed by atoms with Crippen molar-refractivity contribution < 1.29 is 4.79 Å². The molecule has 1 aliphatic rings. The van der Waals surface area contributed by atoms with Crippen LogP contribution < -0.4 is 5.32 Å². The first-order chi connectivity index (χ1) is 8.70. The van der Waals surface area contributed by atoms with Crippen molar-refractivity contribution in [1.29, 1.82) is 0 Å². The molecule has 1 atom stereocenters. The van der Waals surface area contributed by atoms with E-state index in [1.165, 1.54) is 6.42 Å². The molecule has 1 aromatic rings. The van der Waals surface area contributed by atoms with Gasteiger partial charge in [-0.1, -0.05) is 44.6 Å². The second-order valence-electron chi connectivity index (χ2n) is 5.07. The zero-order valence-electron chi connectivity index (χ0n) is 11.2. The summed E-state index contributed by atoms with van der Waals surface area (Å²) in [5, 5.41) is 2.89. The first kappa shape index (κ1) is 12.9. The Kier molecular flexibility index (Phi) is 4.19.